The molecule has 2 fully saturated rings. The van der Waals surface area contributed by atoms with Crippen LogP contribution in [0.15, 0.2) is 71.7 Å². The van der Waals surface area contributed by atoms with Gasteiger partial charge in [-0.3, -0.25) is 23.7 Å². The third-order valence-electron chi connectivity index (χ3n) is 7.12. The zero-order chi connectivity index (χ0) is 26.9. The van der Waals surface area contributed by atoms with Crippen LogP contribution in [-0.2, 0) is 14.4 Å². The number of benzene rings is 2. The number of hydrogen-bond donors (Lipinski definition) is 2. The molecule has 2 N–H and O–H groups in total. The minimum absolute atomic E-state index is 0.0205. The largest absolute Gasteiger partial charge is 0.342 e. The lowest BCUT2D eigenvalue weighted by atomic mass is 9.97. The Kier molecular flexibility index (Phi) is 7.03. The fourth-order valence-electron chi connectivity index (χ4n) is 4.94. The Hall–Kier alpha value is -3.98. The van der Waals surface area contributed by atoms with Crippen LogP contribution in [-0.4, -0.2) is 40.3 Å². The van der Waals surface area contributed by atoms with Gasteiger partial charge in [-0.1, -0.05) is 17.7 Å². The SMILES string of the molecule is O=C(Nc1ccc(Cl)cc1)[C@H]1C[C@]1(C(=O)Nc1ccc(-n2ccccc2=O)cc1F)C(=O)N1CCCCC1. The summed E-state index contributed by atoms with van der Waals surface area (Å²) in [6.45, 7) is 1.02. The van der Waals surface area contributed by atoms with Gasteiger partial charge in [0.25, 0.3) is 5.56 Å². The van der Waals surface area contributed by atoms with Gasteiger partial charge in [0.15, 0.2) is 0 Å². The van der Waals surface area contributed by atoms with E-state index in [-0.39, 0.29) is 23.4 Å². The molecule has 0 radical (unpaired) electrons. The molecule has 0 spiro atoms. The molecule has 196 valence electrons. The van der Waals surface area contributed by atoms with Gasteiger partial charge in [0.05, 0.1) is 17.3 Å². The molecule has 38 heavy (non-hydrogen) atoms. The maximum absolute atomic E-state index is 15.1. The normalized spacial score (nSPS) is 20.5. The monoisotopic (exact) mass is 536 g/mol. The zero-order valence-corrected chi connectivity index (χ0v) is 21.2. The van der Waals surface area contributed by atoms with Gasteiger partial charge in [-0.2, -0.15) is 0 Å². The summed E-state index contributed by atoms with van der Waals surface area (Å²) in [5, 5.41) is 5.79. The number of halogens is 2. The smallest absolute Gasteiger partial charge is 0.255 e. The average molecular weight is 537 g/mol. The topological polar surface area (TPSA) is 101 Å². The Labute approximate surface area is 223 Å². The van der Waals surface area contributed by atoms with Crippen LogP contribution < -0.4 is 16.2 Å². The highest BCUT2D eigenvalue weighted by Gasteiger charge is 2.69. The molecule has 1 saturated heterocycles. The summed E-state index contributed by atoms with van der Waals surface area (Å²) in [6, 6.07) is 15.1. The lowest BCUT2D eigenvalue weighted by Crippen LogP contribution is -2.47. The second-order valence-electron chi connectivity index (χ2n) is 9.60. The van der Waals surface area contributed by atoms with Crippen molar-refractivity contribution in [2.75, 3.05) is 23.7 Å². The number of carbonyl (C=O) groups is 3. The van der Waals surface area contributed by atoms with Gasteiger partial charge in [-0.05, 0) is 68.1 Å². The molecule has 3 amide bonds. The van der Waals surface area contributed by atoms with Crippen molar-refractivity contribution in [3.8, 4) is 5.69 Å². The molecule has 8 nitrogen and oxygen atoms in total. The van der Waals surface area contributed by atoms with Crippen molar-refractivity contribution in [1.82, 2.24) is 9.47 Å². The van der Waals surface area contributed by atoms with E-state index >= 15 is 4.39 Å². The first-order valence-corrected chi connectivity index (χ1v) is 12.8. The summed E-state index contributed by atoms with van der Waals surface area (Å²) in [5.41, 5.74) is -1.32. The maximum Gasteiger partial charge on any atom is 0.255 e. The van der Waals surface area contributed by atoms with Crippen LogP contribution in [0.25, 0.3) is 5.69 Å². The Bertz CT molecular complexity index is 1450. The van der Waals surface area contributed by atoms with Gasteiger partial charge in [-0.25, -0.2) is 4.39 Å². The molecule has 1 aromatic heterocycles. The third-order valence-corrected chi connectivity index (χ3v) is 7.37. The first-order valence-electron chi connectivity index (χ1n) is 12.4. The second-order valence-corrected chi connectivity index (χ2v) is 10.0. The van der Waals surface area contributed by atoms with Gasteiger partial charge in [0, 0.05) is 42.1 Å². The molecule has 0 bridgehead atoms. The standard InChI is InChI=1S/C28H26ClFN4O4/c29-18-7-9-19(10-8-18)31-25(36)21-17-28(21,27(38)33-13-3-1-4-14-33)26(37)32-23-12-11-20(16-22(23)30)34-15-5-2-6-24(34)35/h2,5-12,15-16,21H,1,3-4,13-14,17H2,(H,31,36)(H,32,37)/t21-,28+/m1/s1. The number of pyridine rings is 1. The summed E-state index contributed by atoms with van der Waals surface area (Å²) in [4.78, 5) is 54.0. The second kappa shape index (κ2) is 10.4. The first kappa shape index (κ1) is 25.7. The van der Waals surface area contributed by atoms with Crippen LogP contribution in [0.5, 0.6) is 0 Å². The summed E-state index contributed by atoms with van der Waals surface area (Å²) in [6.07, 6.45) is 4.16. The van der Waals surface area contributed by atoms with Gasteiger partial charge in [0.2, 0.25) is 17.7 Å². The molecule has 5 rings (SSSR count). The van der Waals surface area contributed by atoms with Gasteiger partial charge < -0.3 is 15.5 Å². The van der Waals surface area contributed by atoms with Crippen LogP contribution in [0.4, 0.5) is 15.8 Å². The molecular weight excluding hydrogens is 511 g/mol. The van der Waals surface area contributed by atoms with E-state index < -0.39 is 34.9 Å². The van der Waals surface area contributed by atoms with Crippen molar-refractivity contribution in [2.24, 2.45) is 11.3 Å². The van der Waals surface area contributed by atoms with E-state index in [1.165, 1.54) is 29.0 Å². The summed E-state index contributed by atoms with van der Waals surface area (Å²) < 4.78 is 16.3. The highest BCUT2D eigenvalue weighted by atomic mass is 35.5. The number of likely N-dealkylation sites (tertiary alicyclic amines) is 1. The van der Waals surface area contributed by atoms with E-state index in [0.29, 0.717) is 23.8 Å². The van der Waals surface area contributed by atoms with E-state index in [1.54, 1.807) is 41.3 Å². The highest BCUT2D eigenvalue weighted by molar-refractivity contribution is 6.30. The molecule has 1 aliphatic heterocycles. The van der Waals surface area contributed by atoms with Crippen molar-refractivity contribution in [2.45, 2.75) is 25.7 Å². The average Bonchev–Trinajstić information content (AvgIpc) is 3.69. The van der Waals surface area contributed by atoms with E-state index in [2.05, 4.69) is 10.6 Å². The first-order chi connectivity index (χ1) is 18.3. The maximum atomic E-state index is 15.1. The van der Waals surface area contributed by atoms with Crippen LogP contribution in [0, 0.1) is 17.2 Å². The summed E-state index contributed by atoms with van der Waals surface area (Å²) >= 11 is 5.92. The molecule has 10 heteroatoms. The number of aromatic nitrogens is 1. The quantitative estimate of drug-likeness (QED) is 0.460. The minimum Gasteiger partial charge on any atom is -0.342 e. The fraction of sp³-hybridized carbons (Fsp3) is 0.286. The lowest BCUT2D eigenvalue weighted by Gasteiger charge is -2.30. The molecule has 1 saturated carbocycles. The lowest BCUT2D eigenvalue weighted by molar-refractivity contribution is -0.145. The highest BCUT2D eigenvalue weighted by Crippen LogP contribution is 2.55. The molecule has 1 aliphatic carbocycles. The number of nitrogens with zero attached hydrogens (tertiary/aromatic N) is 2. The van der Waals surface area contributed by atoms with Crippen LogP contribution in [0.1, 0.15) is 25.7 Å². The number of piperidine rings is 1. The predicted octanol–water partition coefficient (Wildman–Crippen LogP) is 4.23. The number of amides is 3. The van der Waals surface area contributed by atoms with Crippen molar-refractivity contribution < 1.29 is 18.8 Å². The Morgan fingerprint density at radius 3 is 2.37 bits per heavy atom. The van der Waals surface area contributed by atoms with Crippen molar-refractivity contribution >= 4 is 40.7 Å². The molecule has 0 unspecified atom stereocenters. The Balaban J connectivity index is 1.39. The molecular formula is C28H26ClFN4O4. The van der Waals surface area contributed by atoms with Gasteiger partial charge in [0.1, 0.15) is 11.2 Å². The van der Waals surface area contributed by atoms with Crippen molar-refractivity contribution in [3.05, 3.63) is 88.1 Å². The predicted molar refractivity (Wildman–Crippen MR) is 142 cm³/mol. The minimum atomic E-state index is -1.63. The van der Waals surface area contributed by atoms with Crippen LogP contribution in [0.2, 0.25) is 5.02 Å². The molecule has 2 aromatic carbocycles. The van der Waals surface area contributed by atoms with Gasteiger partial charge in [-0.15, -0.1) is 0 Å². The van der Waals surface area contributed by atoms with E-state index in [0.717, 1.165) is 25.3 Å². The van der Waals surface area contributed by atoms with E-state index in [9.17, 15) is 19.2 Å². The molecule has 2 atom stereocenters. The van der Waals surface area contributed by atoms with E-state index in [4.69, 9.17) is 11.6 Å². The Morgan fingerprint density at radius 2 is 1.68 bits per heavy atom. The fourth-order valence-corrected chi connectivity index (χ4v) is 5.06. The van der Waals surface area contributed by atoms with E-state index in [1.807, 2.05) is 0 Å². The number of carbonyl (C=O) groups excluding carboxylic acids is 3. The van der Waals surface area contributed by atoms with Gasteiger partial charge >= 0.3 is 0 Å². The molecule has 2 heterocycles. The Morgan fingerprint density at radius 1 is 0.947 bits per heavy atom. The summed E-state index contributed by atoms with van der Waals surface area (Å²) in [5.74, 6) is -3.29. The van der Waals surface area contributed by atoms with Crippen LogP contribution in [0.3, 0.4) is 0 Å². The molecule has 3 aromatic rings. The number of rotatable bonds is 6. The van der Waals surface area contributed by atoms with Crippen molar-refractivity contribution in [3.63, 3.8) is 0 Å². The number of nitrogens with one attached hydrogen (secondary N) is 2. The summed E-state index contributed by atoms with van der Waals surface area (Å²) in [7, 11) is 0. The number of hydrogen-bond acceptors (Lipinski definition) is 4. The number of anilines is 2. The molecule has 2 aliphatic rings. The zero-order valence-electron chi connectivity index (χ0n) is 20.5. The van der Waals surface area contributed by atoms with Crippen LogP contribution >= 0.6 is 11.6 Å². The van der Waals surface area contributed by atoms with Crippen molar-refractivity contribution in [1.29, 1.82) is 0 Å². The third kappa shape index (κ3) is 4.93.